The quantitative estimate of drug-likeness (QED) is 0.209. The van der Waals surface area contributed by atoms with E-state index in [9.17, 15) is 14.7 Å². The molecular formula is C32H31NO6. The number of hydrogen-bond acceptors (Lipinski definition) is 5. The molecule has 1 aliphatic heterocycles. The van der Waals surface area contributed by atoms with Gasteiger partial charge in [-0.3, -0.25) is 0 Å². The summed E-state index contributed by atoms with van der Waals surface area (Å²) in [6.45, 7) is 1.49. The topological polar surface area (TPSA) is 85.3 Å². The molecule has 1 heterocycles. The van der Waals surface area contributed by atoms with Gasteiger partial charge in [0.05, 0.1) is 24.8 Å². The Balaban J connectivity index is 1.22. The second kappa shape index (κ2) is 12.5. The fraction of sp³-hybridized carbons (Fsp3) is 0.250. The molecular weight excluding hydrogens is 494 g/mol. The van der Waals surface area contributed by atoms with Gasteiger partial charge in [0.15, 0.2) is 0 Å². The number of hydrogen-bond donors (Lipinski definition) is 1. The van der Waals surface area contributed by atoms with Crippen molar-refractivity contribution in [2.75, 3.05) is 26.3 Å². The molecule has 0 bridgehead atoms. The maximum Gasteiger partial charge on any atom is 0.407 e. The molecule has 0 saturated carbocycles. The minimum absolute atomic E-state index is 0.0144. The van der Waals surface area contributed by atoms with Crippen molar-refractivity contribution in [3.8, 4) is 5.75 Å². The highest BCUT2D eigenvalue weighted by Gasteiger charge is 2.33. The molecule has 0 aliphatic carbocycles. The van der Waals surface area contributed by atoms with E-state index in [1.807, 2.05) is 48.5 Å². The molecule has 1 aliphatic rings. The summed E-state index contributed by atoms with van der Waals surface area (Å²) in [4.78, 5) is 25.3. The molecule has 0 radical (unpaired) electrons. The summed E-state index contributed by atoms with van der Waals surface area (Å²) < 4.78 is 17.5. The minimum atomic E-state index is -0.935. The molecule has 4 aromatic carbocycles. The van der Waals surface area contributed by atoms with Crippen LogP contribution in [0.25, 0.3) is 10.8 Å². The summed E-state index contributed by atoms with van der Waals surface area (Å²) in [5.74, 6) is 0.294. The first kappa shape index (κ1) is 26.3. The van der Waals surface area contributed by atoms with E-state index in [2.05, 4.69) is 24.3 Å². The molecule has 1 amide bonds. The number of piperidine rings is 1. The highest BCUT2D eigenvalue weighted by Crippen LogP contribution is 2.33. The van der Waals surface area contributed by atoms with Gasteiger partial charge in [-0.15, -0.1) is 0 Å². The molecule has 7 nitrogen and oxygen atoms in total. The van der Waals surface area contributed by atoms with Crippen molar-refractivity contribution >= 4 is 22.8 Å². The molecule has 2 atom stereocenters. The SMILES string of the molecule is O=C(OCCOc1cccc(C2CCN(C(=O)O)CC2OCc2ccc3ccccc3c2)c1)c1ccccc1. The third-order valence-corrected chi connectivity index (χ3v) is 6.99. The van der Waals surface area contributed by atoms with Gasteiger partial charge in [0.1, 0.15) is 19.0 Å². The van der Waals surface area contributed by atoms with Crippen LogP contribution in [-0.2, 0) is 16.1 Å². The number of ether oxygens (including phenoxy) is 3. The number of amides is 1. The number of likely N-dealkylation sites (tertiary alicyclic amines) is 1. The third-order valence-electron chi connectivity index (χ3n) is 6.99. The smallest absolute Gasteiger partial charge is 0.407 e. The third kappa shape index (κ3) is 6.75. The van der Waals surface area contributed by atoms with Crippen LogP contribution in [0.3, 0.4) is 0 Å². The number of esters is 1. The van der Waals surface area contributed by atoms with Crippen LogP contribution in [0, 0.1) is 0 Å². The first-order valence-corrected chi connectivity index (χ1v) is 13.1. The van der Waals surface area contributed by atoms with E-state index in [0.717, 1.165) is 16.5 Å². The summed E-state index contributed by atoms with van der Waals surface area (Å²) in [5, 5.41) is 11.9. The molecule has 1 N–H and O–H groups in total. The molecule has 200 valence electrons. The highest BCUT2D eigenvalue weighted by molar-refractivity contribution is 5.89. The van der Waals surface area contributed by atoms with Crippen molar-refractivity contribution in [3.63, 3.8) is 0 Å². The number of nitrogens with zero attached hydrogens (tertiary/aromatic N) is 1. The number of carboxylic acid groups (broad SMARTS) is 1. The monoisotopic (exact) mass is 525 g/mol. The molecule has 2 unspecified atom stereocenters. The van der Waals surface area contributed by atoms with E-state index in [0.29, 0.717) is 37.4 Å². The summed E-state index contributed by atoms with van der Waals surface area (Å²) in [6.07, 6.45) is -0.592. The van der Waals surface area contributed by atoms with Gasteiger partial charge in [-0.05, 0) is 58.7 Å². The molecule has 0 spiro atoms. The summed E-state index contributed by atoms with van der Waals surface area (Å²) in [5.41, 5.74) is 2.58. The fourth-order valence-corrected chi connectivity index (χ4v) is 4.96. The normalized spacial score (nSPS) is 17.1. The zero-order chi connectivity index (χ0) is 27.0. The molecule has 39 heavy (non-hydrogen) atoms. The number of carbonyl (C=O) groups excluding carboxylic acids is 1. The molecule has 5 rings (SSSR count). The Kier molecular flexibility index (Phi) is 8.39. The Hall–Kier alpha value is -4.36. The van der Waals surface area contributed by atoms with Crippen LogP contribution in [0.2, 0.25) is 0 Å². The van der Waals surface area contributed by atoms with Crippen molar-refractivity contribution in [3.05, 3.63) is 114 Å². The van der Waals surface area contributed by atoms with Crippen molar-refractivity contribution in [2.24, 2.45) is 0 Å². The average molecular weight is 526 g/mol. The van der Waals surface area contributed by atoms with Gasteiger partial charge in [-0.2, -0.15) is 0 Å². The second-order valence-corrected chi connectivity index (χ2v) is 9.58. The number of fused-ring (bicyclic) bond motifs is 1. The zero-order valence-corrected chi connectivity index (χ0v) is 21.6. The van der Waals surface area contributed by atoms with E-state index < -0.39 is 6.09 Å². The molecule has 1 saturated heterocycles. The minimum Gasteiger partial charge on any atom is -0.490 e. The fourth-order valence-electron chi connectivity index (χ4n) is 4.96. The van der Waals surface area contributed by atoms with Crippen LogP contribution in [0.15, 0.2) is 97.1 Å². The van der Waals surface area contributed by atoms with Crippen LogP contribution < -0.4 is 4.74 Å². The van der Waals surface area contributed by atoms with E-state index in [-0.39, 0.29) is 31.2 Å². The van der Waals surface area contributed by atoms with E-state index in [1.54, 1.807) is 24.3 Å². The lowest BCUT2D eigenvalue weighted by Crippen LogP contribution is -2.46. The summed E-state index contributed by atoms with van der Waals surface area (Å²) in [7, 11) is 0. The van der Waals surface area contributed by atoms with Gasteiger partial charge in [-0.1, -0.05) is 66.7 Å². The maximum absolute atomic E-state index is 12.1. The Morgan fingerprint density at radius 2 is 1.64 bits per heavy atom. The van der Waals surface area contributed by atoms with Gasteiger partial charge < -0.3 is 24.2 Å². The van der Waals surface area contributed by atoms with Crippen molar-refractivity contribution < 1.29 is 28.9 Å². The average Bonchev–Trinajstić information content (AvgIpc) is 2.98. The molecule has 0 aromatic heterocycles. The molecule has 1 fully saturated rings. The Morgan fingerprint density at radius 1 is 0.846 bits per heavy atom. The predicted octanol–water partition coefficient (Wildman–Crippen LogP) is 6.13. The summed E-state index contributed by atoms with van der Waals surface area (Å²) >= 11 is 0. The van der Waals surface area contributed by atoms with Gasteiger partial charge in [0.25, 0.3) is 0 Å². The van der Waals surface area contributed by atoms with Gasteiger partial charge in [0.2, 0.25) is 0 Å². The van der Waals surface area contributed by atoms with Gasteiger partial charge in [0, 0.05) is 12.5 Å². The maximum atomic E-state index is 12.1. The number of carbonyl (C=O) groups is 2. The summed E-state index contributed by atoms with van der Waals surface area (Å²) in [6, 6.07) is 31.0. The highest BCUT2D eigenvalue weighted by atomic mass is 16.6. The Bertz CT molecular complexity index is 1420. The predicted molar refractivity (Wildman–Crippen MR) is 148 cm³/mol. The number of benzene rings is 4. The van der Waals surface area contributed by atoms with Crippen molar-refractivity contribution in [2.45, 2.75) is 25.0 Å². The van der Waals surface area contributed by atoms with Crippen LogP contribution in [0.1, 0.15) is 33.8 Å². The molecule has 4 aromatic rings. The lowest BCUT2D eigenvalue weighted by molar-refractivity contribution is -0.0199. The van der Waals surface area contributed by atoms with E-state index in [1.165, 1.54) is 10.3 Å². The van der Waals surface area contributed by atoms with Gasteiger partial charge in [-0.25, -0.2) is 9.59 Å². The Morgan fingerprint density at radius 3 is 2.46 bits per heavy atom. The van der Waals surface area contributed by atoms with Crippen molar-refractivity contribution in [1.29, 1.82) is 0 Å². The van der Waals surface area contributed by atoms with Crippen LogP contribution >= 0.6 is 0 Å². The molecule has 7 heteroatoms. The second-order valence-electron chi connectivity index (χ2n) is 9.58. The lowest BCUT2D eigenvalue weighted by atomic mass is 9.87. The largest absolute Gasteiger partial charge is 0.490 e. The van der Waals surface area contributed by atoms with E-state index in [4.69, 9.17) is 14.2 Å². The first-order valence-electron chi connectivity index (χ1n) is 13.1. The first-order chi connectivity index (χ1) is 19.1. The van der Waals surface area contributed by atoms with Crippen LogP contribution in [0.4, 0.5) is 4.79 Å². The van der Waals surface area contributed by atoms with Crippen LogP contribution in [0.5, 0.6) is 5.75 Å². The standard InChI is InChI=1S/C32H31NO6/c34-31(25-8-2-1-3-9-25)38-18-17-37-28-12-6-11-27(20-28)29-15-16-33(32(35)36)21-30(29)39-22-23-13-14-24-7-4-5-10-26(24)19-23/h1-14,19-20,29-30H,15-18,21-22H2,(H,35,36). The number of rotatable bonds is 9. The van der Waals surface area contributed by atoms with E-state index >= 15 is 0 Å². The zero-order valence-electron chi connectivity index (χ0n) is 21.6. The van der Waals surface area contributed by atoms with Gasteiger partial charge >= 0.3 is 12.1 Å². The lowest BCUT2D eigenvalue weighted by Gasteiger charge is -2.37. The van der Waals surface area contributed by atoms with Crippen LogP contribution in [-0.4, -0.2) is 54.5 Å². The van der Waals surface area contributed by atoms with Crippen molar-refractivity contribution in [1.82, 2.24) is 4.90 Å². The Labute approximate surface area is 227 Å².